The van der Waals surface area contributed by atoms with E-state index in [0.29, 0.717) is 13.0 Å². The summed E-state index contributed by atoms with van der Waals surface area (Å²) in [7, 11) is 0. The summed E-state index contributed by atoms with van der Waals surface area (Å²) in [4.78, 5) is 24.7. The molecule has 1 aromatic carbocycles. The number of nitro benzene ring substituents is 1. The van der Waals surface area contributed by atoms with Gasteiger partial charge in [0.2, 0.25) is 5.91 Å². The monoisotopic (exact) mass is 355 g/mol. The molecule has 1 aliphatic rings. The molecule has 2 rings (SSSR count). The number of carbonyl (C=O) groups is 1. The standard InChI is InChI=1S/C17H25N3O3.ClH/c1-12(2)19(17(21)10-14-4-3-5-16(14)18)11-13-6-8-15(9-7-13)20(22)23;/h6-9,12,14,16H,3-5,10-11,18H2,1-2H3;1H/t14-,16+;/m0./s1. The highest BCUT2D eigenvalue weighted by Crippen LogP contribution is 2.28. The Labute approximate surface area is 149 Å². The van der Waals surface area contributed by atoms with Crippen molar-refractivity contribution in [2.24, 2.45) is 11.7 Å². The van der Waals surface area contributed by atoms with Crippen molar-refractivity contribution < 1.29 is 9.72 Å². The first kappa shape index (κ1) is 20.4. The summed E-state index contributed by atoms with van der Waals surface area (Å²) < 4.78 is 0. The van der Waals surface area contributed by atoms with Gasteiger partial charge in [-0.2, -0.15) is 0 Å². The van der Waals surface area contributed by atoms with E-state index >= 15 is 0 Å². The number of non-ortho nitro benzene ring substituents is 1. The van der Waals surface area contributed by atoms with E-state index in [9.17, 15) is 14.9 Å². The fourth-order valence-corrected chi connectivity index (χ4v) is 3.14. The third-order valence-corrected chi connectivity index (χ3v) is 4.60. The zero-order chi connectivity index (χ0) is 17.0. The second-order valence-electron chi connectivity index (χ2n) is 6.60. The number of nitro groups is 1. The van der Waals surface area contributed by atoms with E-state index in [1.807, 2.05) is 18.7 Å². The predicted molar refractivity (Wildman–Crippen MR) is 96.0 cm³/mol. The molecule has 7 heteroatoms. The molecule has 1 amide bonds. The third-order valence-electron chi connectivity index (χ3n) is 4.60. The lowest BCUT2D eigenvalue weighted by Gasteiger charge is -2.29. The second-order valence-corrected chi connectivity index (χ2v) is 6.60. The lowest BCUT2D eigenvalue weighted by Crippen LogP contribution is -2.39. The van der Waals surface area contributed by atoms with Gasteiger partial charge in [-0.1, -0.05) is 18.6 Å². The highest BCUT2D eigenvalue weighted by atomic mass is 35.5. The first-order valence-electron chi connectivity index (χ1n) is 8.17. The third kappa shape index (κ3) is 5.18. The van der Waals surface area contributed by atoms with Gasteiger partial charge < -0.3 is 10.6 Å². The first-order chi connectivity index (χ1) is 10.9. The summed E-state index contributed by atoms with van der Waals surface area (Å²) in [5.41, 5.74) is 7.03. The molecule has 0 bridgehead atoms. The van der Waals surface area contributed by atoms with Gasteiger partial charge in [-0.05, 0) is 38.2 Å². The smallest absolute Gasteiger partial charge is 0.269 e. The van der Waals surface area contributed by atoms with Gasteiger partial charge in [0.1, 0.15) is 0 Å². The van der Waals surface area contributed by atoms with E-state index in [1.165, 1.54) is 12.1 Å². The van der Waals surface area contributed by atoms with Crippen molar-refractivity contribution in [3.8, 4) is 0 Å². The zero-order valence-corrected chi connectivity index (χ0v) is 15.0. The minimum atomic E-state index is -0.420. The summed E-state index contributed by atoms with van der Waals surface area (Å²) in [6.07, 6.45) is 3.62. The molecule has 2 atom stereocenters. The van der Waals surface area contributed by atoms with Crippen LogP contribution in [0.2, 0.25) is 0 Å². The average Bonchev–Trinajstić information content (AvgIpc) is 2.90. The van der Waals surface area contributed by atoms with Crippen LogP contribution in [0.4, 0.5) is 5.69 Å². The topological polar surface area (TPSA) is 89.5 Å². The summed E-state index contributed by atoms with van der Waals surface area (Å²) >= 11 is 0. The van der Waals surface area contributed by atoms with Crippen LogP contribution < -0.4 is 5.73 Å². The fourth-order valence-electron chi connectivity index (χ4n) is 3.14. The SMILES string of the molecule is CC(C)N(Cc1ccc([N+](=O)[O-])cc1)C(=O)C[C@@H]1CCC[C@H]1N.Cl. The Bertz CT molecular complexity index is 563. The Balaban J connectivity index is 0.00000288. The van der Waals surface area contributed by atoms with Crippen LogP contribution in [0.25, 0.3) is 0 Å². The first-order valence-corrected chi connectivity index (χ1v) is 8.17. The highest BCUT2D eigenvalue weighted by Gasteiger charge is 2.28. The molecule has 2 N–H and O–H groups in total. The number of nitrogens with zero attached hydrogens (tertiary/aromatic N) is 2. The zero-order valence-electron chi connectivity index (χ0n) is 14.2. The van der Waals surface area contributed by atoms with Gasteiger partial charge in [-0.3, -0.25) is 14.9 Å². The molecule has 1 saturated carbocycles. The average molecular weight is 356 g/mol. The summed E-state index contributed by atoms with van der Waals surface area (Å²) in [6, 6.07) is 6.59. The summed E-state index contributed by atoms with van der Waals surface area (Å²) in [6.45, 7) is 4.44. The molecule has 0 aromatic heterocycles. The molecule has 0 unspecified atom stereocenters. The Morgan fingerprint density at radius 2 is 1.96 bits per heavy atom. The number of benzene rings is 1. The van der Waals surface area contributed by atoms with E-state index in [4.69, 9.17) is 5.73 Å². The number of hydrogen-bond acceptors (Lipinski definition) is 4. The van der Waals surface area contributed by atoms with Gasteiger partial charge in [-0.15, -0.1) is 12.4 Å². The summed E-state index contributed by atoms with van der Waals surface area (Å²) in [5.74, 6) is 0.390. The van der Waals surface area contributed by atoms with Crippen LogP contribution in [-0.4, -0.2) is 27.8 Å². The van der Waals surface area contributed by atoms with E-state index < -0.39 is 4.92 Å². The number of rotatable bonds is 6. The van der Waals surface area contributed by atoms with Gasteiger partial charge >= 0.3 is 0 Å². The Hall–Kier alpha value is -1.66. The van der Waals surface area contributed by atoms with Gasteiger partial charge in [-0.25, -0.2) is 0 Å². The van der Waals surface area contributed by atoms with Gasteiger partial charge in [0, 0.05) is 37.2 Å². The van der Waals surface area contributed by atoms with Crippen molar-refractivity contribution >= 4 is 24.0 Å². The Morgan fingerprint density at radius 1 is 1.33 bits per heavy atom. The largest absolute Gasteiger partial charge is 0.336 e. The number of amides is 1. The molecule has 1 aromatic rings. The minimum absolute atomic E-state index is 0. The van der Waals surface area contributed by atoms with Crippen LogP contribution in [0.3, 0.4) is 0 Å². The van der Waals surface area contributed by atoms with Crippen molar-refractivity contribution in [2.75, 3.05) is 0 Å². The molecule has 0 radical (unpaired) electrons. The molecular formula is C17H26ClN3O3. The molecule has 134 valence electrons. The van der Waals surface area contributed by atoms with Crippen LogP contribution in [0, 0.1) is 16.0 Å². The second kappa shape index (κ2) is 8.99. The van der Waals surface area contributed by atoms with Crippen LogP contribution in [0.5, 0.6) is 0 Å². The Morgan fingerprint density at radius 3 is 2.42 bits per heavy atom. The van der Waals surface area contributed by atoms with Crippen molar-refractivity contribution in [1.29, 1.82) is 0 Å². The van der Waals surface area contributed by atoms with Crippen LogP contribution >= 0.6 is 12.4 Å². The fraction of sp³-hybridized carbons (Fsp3) is 0.588. The maximum absolute atomic E-state index is 12.6. The molecule has 0 saturated heterocycles. The lowest BCUT2D eigenvalue weighted by molar-refractivity contribution is -0.384. The Kier molecular flexibility index (Phi) is 7.63. The van der Waals surface area contributed by atoms with Gasteiger partial charge in [0.15, 0.2) is 0 Å². The maximum Gasteiger partial charge on any atom is 0.269 e. The van der Waals surface area contributed by atoms with Gasteiger partial charge in [0.05, 0.1) is 4.92 Å². The molecule has 24 heavy (non-hydrogen) atoms. The highest BCUT2D eigenvalue weighted by molar-refractivity contribution is 5.85. The number of hydrogen-bond donors (Lipinski definition) is 1. The molecule has 1 fully saturated rings. The maximum atomic E-state index is 12.6. The number of carbonyl (C=O) groups excluding carboxylic acids is 1. The lowest BCUT2D eigenvalue weighted by atomic mass is 9.99. The van der Waals surface area contributed by atoms with Crippen molar-refractivity contribution in [2.45, 2.75) is 58.2 Å². The molecule has 1 aliphatic carbocycles. The van der Waals surface area contributed by atoms with Crippen LogP contribution in [-0.2, 0) is 11.3 Å². The van der Waals surface area contributed by atoms with E-state index in [1.54, 1.807) is 12.1 Å². The molecule has 0 heterocycles. The van der Waals surface area contributed by atoms with E-state index in [2.05, 4.69) is 0 Å². The van der Waals surface area contributed by atoms with Crippen molar-refractivity contribution in [1.82, 2.24) is 4.90 Å². The predicted octanol–water partition coefficient (Wildman–Crippen LogP) is 3.27. The van der Waals surface area contributed by atoms with E-state index in [0.717, 1.165) is 24.8 Å². The molecular weight excluding hydrogens is 330 g/mol. The quantitative estimate of drug-likeness (QED) is 0.626. The van der Waals surface area contributed by atoms with Crippen molar-refractivity contribution in [3.63, 3.8) is 0 Å². The van der Waals surface area contributed by atoms with E-state index in [-0.39, 0.29) is 42.0 Å². The summed E-state index contributed by atoms with van der Waals surface area (Å²) in [5, 5.41) is 10.7. The number of halogens is 1. The molecule has 6 nitrogen and oxygen atoms in total. The van der Waals surface area contributed by atoms with Crippen molar-refractivity contribution in [3.05, 3.63) is 39.9 Å². The normalized spacial score (nSPS) is 19.8. The van der Waals surface area contributed by atoms with Gasteiger partial charge in [0.25, 0.3) is 5.69 Å². The molecule has 0 spiro atoms. The minimum Gasteiger partial charge on any atom is -0.336 e. The number of nitrogens with two attached hydrogens (primary N) is 1. The molecule has 0 aliphatic heterocycles. The van der Waals surface area contributed by atoms with Crippen LogP contribution in [0.15, 0.2) is 24.3 Å². The van der Waals surface area contributed by atoms with Crippen LogP contribution in [0.1, 0.15) is 45.1 Å².